The highest BCUT2D eigenvalue weighted by molar-refractivity contribution is 7.10. The molecule has 3 heteroatoms. The number of rotatable bonds is 8. The van der Waals surface area contributed by atoms with Crippen LogP contribution < -0.4 is 5.32 Å². The number of carbonyl (C=O) groups excluding carboxylic acids is 1. The summed E-state index contributed by atoms with van der Waals surface area (Å²) in [4.78, 5) is 12.8. The fourth-order valence-corrected chi connectivity index (χ4v) is 2.41. The van der Waals surface area contributed by atoms with Crippen molar-refractivity contribution in [2.75, 3.05) is 6.54 Å². The summed E-state index contributed by atoms with van der Waals surface area (Å²) in [6.07, 6.45) is 8.31. The molecule has 0 spiro atoms. The molecule has 1 rings (SSSR count). The molecule has 1 amide bonds. The van der Waals surface area contributed by atoms with Crippen LogP contribution in [0.3, 0.4) is 0 Å². The molecule has 0 bridgehead atoms. The molecule has 0 saturated carbocycles. The molecule has 0 saturated heterocycles. The minimum absolute atomic E-state index is 0.0124. The van der Waals surface area contributed by atoms with E-state index in [1.165, 1.54) is 19.3 Å². The number of thiophene rings is 1. The van der Waals surface area contributed by atoms with Crippen molar-refractivity contribution in [3.63, 3.8) is 0 Å². The Labute approximate surface area is 114 Å². The predicted molar refractivity (Wildman–Crippen MR) is 79.7 cm³/mol. The summed E-state index contributed by atoms with van der Waals surface area (Å²) in [5.74, 6) is 0.627. The number of hydrogen-bond donors (Lipinski definition) is 1. The van der Waals surface area contributed by atoms with Crippen LogP contribution in [-0.2, 0) is 4.79 Å². The standard InChI is InChI=1S/C15H23NOS/c1-3-5-7-13(4-2)12-16-15(17)10-9-14-8-6-11-18-14/h6,8-11,13H,3-5,7,12H2,1-2H3,(H,16,17)/b10-9+/t13-/m0/s1. The molecule has 0 unspecified atom stereocenters. The molecule has 1 N–H and O–H groups in total. The van der Waals surface area contributed by atoms with Crippen molar-refractivity contribution in [3.8, 4) is 0 Å². The van der Waals surface area contributed by atoms with Gasteiger partial charge in [0.25, 0.3) is 0 Å². The Balaban J connectivity index is 2.27. The fraction of sp³-hybridized carbons (Fsp3) is 0.533. The predicted octanol–water partition coefficient (Wildman–Crippen LogP) is 4.09. The van der Waals surface area contributed by atoms with E-state index in [1.54, 1.807) is 17.4 Å². The first kappa shape index (κ1) is 15.0. The molecule has 1 aromatic rings. The average molecular weight is 265 g/mol. The van der Waals surface area contributed by atoms with Gasteiger partial charge in [-0.2, -0.15) is 0 Å². The molecule has 1 heterocycles. The van der Waals surface area contributed by atoms with E-state index in [0.717, 1.165) is 17.8 Å². The zero-order valence-electron chi connectivity index (χ0n) is 11.3. The fourth-order valence-electron chi connectivity index (χ4n) is 1.79. The second kappa shape index (κ2) is 8.92. The summed E-state index contributed by atoms with van der Waals surface area (Å²) in [6, 6.07) is 3.99. The van der Waals surface area contributed by atoms with E-state index in [-0.39, 0.29) is 5.91 Å². The first-order valence-corrected chi connectivity index (χ1v) is 7.63. The van der Waals surface area contributed by atoms with Crippen LogP contribution in [-0.4, -0.2) is 12.5 Å². The molecular weight excluding hydrogens is 242 g/mol. The lowest BCUT2D eigenvalue weighted by Crippen LogP contribution is -2.27. The van der Waals surface area contributed by atoms with Gasteiger partial charge in [-0.25, -0.2) is 0 Å². The van der Waals surface area contributed by atoms with E-state index in [0.29, 0.717) is 5.92 Å². The quantitative estimate of drug-likeness (QED) is 0.705. The maximum Gasteiger partial charge on any atom is 0.244 e. The van der Waals surface area contributed by atoms with Crippen LogP contribution in [0.1, 0.15) is 44.4 Å². The van der Waals surface area contributed by atoms with E-state index in [2.05, 4.69) is 19.2 Å². The Morgan fingerprint density at radius 1 is 1.50 bits per heavy atom. The summed E-state index contributed by atoms with van der Waals surface area (Å²) in [6.45, 7) is 5.19. The van der Waals surface area contributed by atoms with Crippen LogP contribution in [0, 0.1) is 5.92 Å². The van der Waals surface area contributed by atoms with Gasteiger partial charge >= 0.3 is 0 Å². The van der Waals surface area contributed by atoms with Gasteiger partial charge < -0.3 is 5.32 Å². The van der Waals surface area contributed by atoms with Gasteiger partial charge in [0.2, 0.25) is 5.91 Å². The maximum absolute atomic E-state index is 11.6. The largest absolute Gasteiger partial charge is 0.352 e. The minimum atomic E-state index is 0.0124. The number of nitrogens with one attached hydrogen (secondary N) is 1. The molecule has 100 valence electrons. The van der Waals surface area contributed by atoms with Gasteiger partial charge in [-0.1, -0.05) is 39.2 Å². The first-order valence-electron chi connectivity index (χ1n) is 6.75. The van der Waals surface area contributed by atoms with Crippen molar-refractivity contribution in [1.82, 2.24) is 5.32 Å². The molecule has 0 aliphatic carbocycles. The van der Waals surface area contributed by atoms with Gasteiger partial charge in [0, 0.05) is 17.5 Å². The van der Waals surface area contributed by atoms with E-state index in [1.807, 2.05) is 23.6 Å². The van der Waals surface area contributed by atoms with Crippen LogP contribution in [0.15, 0.2) is 23.6 Å². The smallest absolute Gasteiger partial charge is 0.244 e. The van der Waals surface area contributed by atoms with Gasteiger partial charge in [0.05, 0.1) is 0 Å². The Kier molecular flexibility index (Phi) is 7.42. The second-order valence-electron chi connectivity index (χ2n) is 4.51. The van der Waals surface area contributed by atoms with Crippen molar-refractivity contribution < 1.29 is 4.79 Å². The highest BCUT2D eigenvalue weighted by Gasteiger charge is 2.06. The van der Waals surface area contributed by atoms with Gasteiger partial charge in [0.15, 0.2) is 0 Å². The maximum atomic E-state index is 11.6. The molecule has 1 aromatic heterocycles. The van der Waals surface area contributed by atoms with Crippen LogP contribution in [0.2, 0.25) is 0 Å². The Bertz CT molecular complexity index is 357. The van der Waals surface area contributed by atoms with E-state index < -0.39 is 0 Å². The normalized spacial score (nSPS) is 12.8. The van der Waals surface area contributed by atoms with Crippen molar-refractivity contribution in [1.29, 1.82) is 0 Å². The molecule has 0 aliphatic heterocycles. The highest BCUT2D eigenvalue weighted by atomic mass is 32.1. The average Bonchev–Trinajstić information content (AvgIpc) is 2.89. The summed E-state index contributed by atoms with van der Waals surface area (Å²) in [5.41, 5.74) is 0. The Hall–Kier alpha value is -1.09. The third kappa shape index (κ3) is 6.01. The van der Waals surface area contributed by atoms with Crippen molar-refractivity contribution in [2.45, 2.75) is 39.5 Å². The van der Waals surface area contributed by atoms with Crippen LogP contribution in [0.5, 0.6) is 0 Å². The Morgan fingerprint density at radius 3 is 2.94 bits per heavy atom. The molecule has 18 heavy (non-hydrogen) atoms. The number of carbonyl (C=O) groups is 1. The van der Waals surface area contributed by atoms with E-state index >= 15 is 0 Å². The van der Waals surface area contributed by atoms with Gasteiger partial charge in [0.1, 0.15) is 0 Å². The van der Waals surface area contributed by atoms with E-state index in [9.17, 15) is 4.79 Å². The minimum Gasteiger partial charge on any atom is -0.352 e. The first-order chi connectivity index (χ1) is 8.76. The van der Waals surface area contributed by atoms with Crippen LogP contribution >= 0.6 is 11.3 Å². The third-order valence-corrected chi connectivity index (χ3v) is 3.89. The summed E-state index contributed by atoms with van der Waals surface area (Å²) < 4.78 is 0. The number of hydrogen-bond acceptors (Lipinski definition) is 2. The summed E-state index contributed by atoms with van der Waals surface area (Å²) in [5, 5.41) is 4.99. The SMILES string of the molecule is CCCC[C@H](CC)CNC(=O)/C=C/c1cccs1. The van der Waals surface area contributed by atoms with Crippen molar-refractivity contribution in [3.05, 3.63) is 28.5 Å². The van der Waals surface area contributed by atoms with Gasteiger partial charge in [-0.3, -0.25) is 4.79 Å². The molecule has 1 atom stereocenters. The molecular formula is C15H23NOS. The molecule has 0 aromatic carbocycles. The zero-order valence-corrected chi connectivity index (χ0v) is 12.1. The van der Waals surface area contributed by atoms with Crippen LogP contribution in [0.4, 0.5) is 0 Å². The second-order valence-corrected chi connectivity index (χ2v) is 5.49. The van der Waals surface area contributed by atoms with Crippen LogP contribution in [0.25, 0.3) is 6.08 Å². The van der Waals surface area contributed by atoms with Gasteiger partial charge in [-0.15, -0.1) is 11.3 Å². The van der Waals surface area contributed by atoms with E-state index in [4.69, 9.17) is 0 Å². The number of unbranched alkanes of at least 4 members (excludes halogenated alkanes) is 1. The monoisotopic (exact) mass is 265 g/mol. The van der Waals surface area contributed by atoms with Crippen molar-refractivity contribution in [2.24, 2.45) is 5.92 Å². The molecule has 0 fully saturated rings. The number of amides is 1. The lowest BCUT2D eigenvalue weighted by molar-refractivity contribution is -0.116. The topological polar surface area (TPSA) is 29.1 Å². The summed E-state index contributed by atoms with van der Waals surface area (Å²) in [7, 11) is 0. The molecule has 0 aliphatic rings. The Morgan fingerprint density at radius 2 is 2.33 bits per heavy atom. The zero-order chi connectivity index (χ0) is 13.2. The lowest BCUT2D eigenvalue weighted by Gasteiger charge is -2.14. The highest BCUT2D eigenvalue weighted by Crippen LogP contribution is 2.12. The lowest BCUT2D eigenvalue weighted by atomic mass is 9.99. The third-order valence-electron chi connectivity index (χ3n) is 3.05. The molecule has 2 nitrogen and oxygen atoms in total. The summed E-state index contributed by atoms with van der Waals surface area (Å²) >= 11 is 1.64. The molecule has 0 radical (unpaired) electrons. The van der Waals surface area contributed by atoms with Gasteiger partial charge in [-0.05, 0) is 29.9 Å². The van der Waals surface area contributed by atoms with Crippen molar-refractivity contribution >= 4 is 23.3 Å².